The van der Waals surface area contributed by atoms with Crippen molar-refractivity contribution in [1.29, 1.82) is 0 Å². The number of halogens is 1. The topological polar surface area (TPSA) is 65.7 Å². The first-order valence-corrected chi connectivity index (χ1v) is 10.2. The largest absolute Gasteiger partial charge is 0.453 e. The Balaban J connectivity index is 1.74. The van der Waals surface area contributed by atoms with Gasteiger partial charge >= 0.3 is 11.9 Å². The van der Waals surface area contributed by atoms with Crippen molar-refractivity contribution in [2.24, 2.45) is 0 Å². The van der Waals surface area contributed by atoms with Gasteiger partial charge in [-0.25, -0.2) is 9.59 Å². The van der Waals surface area contributed by atoms with E-state index in [9.17, 15) is 9.59 Å². The average molecular weight is 444 g/mol. The lowest BCUT2D eigenvalue weighted by Gasteiger charge is -2.08. The minimum atomic E-state index is -0.747. The molecule has 0 unspecified atom stereocenters. The van der Waals surface area contributed by atoms with Crippen LogP contribution in [-0.2, 0) is 9.59 Å². The van der Waals surface area contributed by atoms with E-state index in [0.29, 0.717) is 22.3 Å². The van der Waals surface area contributed by atoms with Crippen LogP contribution in [0.2, 0.25) is 0 Å². The molecule has 0 atom stereocenters. The summed E-state index contributed by atoms with van der Waals surface area (Å²) in [5.74, 6) is -1.75. The van der Waals surface area contributed by atoms with Crippen molar-refractivity contribution in [2.45, 2.75) is 20.8 Å². The lowest BCUT2D eigenvalue weighted by atomic mass is 9.98. The van der Waals surface area contributed by atoms with Crippen LogP contribution in [0.1, 0.15) is 19.4 Å². The fraction of sp³-hybridized carbons (Fsp3) is 0.111. The molecule has 0 N–H and O–H groups in total. The number of aryl methyl sites for hydroxylation is 1. The molecule has 6 heteroatoms. The number of hydrogen-bond acceptors (Lipinski definition) is 5. The number of esters is 2. The maximum absolute atomic E-state index is 15.0. The normalized spacial score (nSPS) is 10.9. The predicted octanol–water partition coefficient (Wildman–Crippen LogP) is 6.66. The number of benzene rings is 3. The Bertz CT molecular complexity index is 1460. The smallest absolute Gasteiger partial charge is 0.338 e. The Kier molecular flexibility index (Phi) is 5.60. The van der Waals surface area contributed by atoms with Gasteiger partial charge in [0, 0.05) is 27.5 Å². The van der Waals surface area contributed by atoms with Crippen molar-refractivity contribution >= 4 is 33.9 Å². The van der Waals surface area contributed by atoms with Gasteiger partial charge < -0.3 is 13.9 Å². The highest BCUT2D eigenvalue weighted by atomic mass is 19.1. The molecule has 0 radical (unpaired) electrons. The highest BCUT2D eigenvalue weighted by Crippen LogP contribution is 2.39. The van der Waals surface area contributed by atoms with E-state index in [-0.39, 0.29) is 16.9 Å². The number of rotatable bonds is 5. The summed E-state index contributed by atoms with van der Waals surface area (Å²) in [6.07, 6.45) is 0. The van der Waals surface area contributed by atoms with E-state index >= 15 is 4.39 Å². The van der Waals surface area contributed by atoms with Crippen molar-refractivity contribution in [3.05, 3.63) is 84.2 Å². The standard InChI is InChI=1S/C27H21FO5/c1-14(2)26(29)31-18-8-6-17(7-9-18)19-10-11-20-21-12-13-22(32-27(30)15(3)4)23(28)25(21)33-24(20)16(19)5/h6-13H,1,3H2,2,4-5H3. The molecule has 0 fully saturated rings. The summed E-state index contributed by atoms with van der Waals surface area (Å²) in [6.45, 7) is 12.0. The fourth-order valence-corrected chi connectivity index (χ4v) is 3.46. The second kappa shape index (κ2) is 8.39. The van der Waals surface area contributed by atoms with Crippen molar-refractivity contribution in [1.82, 2.24) is 0 Å². The predicted molar refractivity (Wildman–Crippen MR) is 125 cm³/mol. The van der Waals surface area contributed by atoms with Gasteiger partial charge in [-0.2, -0.15) is 4.39 Å². The highest BCUT2D eigenvalue weighted by molar-refractivity contribution is 6.08. The van der Waals surface area contributed by atoms with Gasteiger partial charge in [0.25, 0.3) is 0 Å². The van der Waals surface area contributed by atoms with Gasteiger partial charge in [-0.3, -0.25) is 0 Å². The summed E-state index contributed by atoms with van der Waals surface area (Å²) in [5.41, 5.74) is 3.60. The van der Waals surface area contributed by atoms with Crippen LogP contribution < -0.4 is 9.47 Å². The van der Waals surface area contributed by atoms with E-state index in [2.05, 4.69) is 13.2 Å². The Morgan fingerprint density at radius 3 is 2.03 bits per heavy atom. The molecule has 0 aliphatic carbocycles. The minimum Gasteiger partial charge on any atom is -0.453 e. The van der Waals surface area contributed by atoms with Crippen LogP contribution in [0, 0.1) is 12.7 Å². The molecule has 0 aliphatic rings. The summed E-state index contributed by atoms with van der Waals surface area (Å²) < 4.78 is 31.2. The first-order valence-electron chi connectivity index (χ1n) is 10.2. The first-order chi connectivity index (χ1) is 15.7. The van der Waals surface area contributed by atoms with Gasteiger partial charge in [-0.15, -0.1) is 0 Å². The van der Waals surface area contributed by atoms with Crippen LogP contribution in [0.5, 0.6) is 11.5 Å². The van der Waals surface area contributed by atoms with Crippen molar-refractivity contribution in [3.8, 4) is 22.6 Å². The minimum absolute atomic E-state index is 0.0133. The quantitative estimate of drug-likeness (QED) is 0.196. The third-order valence-corrected chi connectivity index (χ3v) is 5.24. The lowest BCUT2D eigenvalue weighted by Crippen LogP contribution is -2.09. The van der Waals surface area contributed by atoms with E-state index in [1.54, 1.807) is 25.1 Å². The molecule has 0 aliphatic heterocycles. The van der Waals surface area contributed by atoms with Crippen molar-refractivity contribution < 1.29 is 27.9 Å². The second-order valence-corrected chi connectivity index (χ2v) is 7.84. The lowest BCUT2D eigenvalue weighted by molar-refractivity contribution is -0.131. The molecule has 166 valence electrons. The molecule has 33 heavy (non-hydrogen) atoms. The number of ether oxygens (including phenoxy) is 2. The molecule has 1 heterocycles. The molecular formula is C27H21FO5. The zero-order valence-corrected chi connectivity index (χ0v) is 18.5. The Morgan fingerprint density at radius 1 is 0.818 bits per heavy atom. The molecule has 1 aromatic heterocycles. The van der Waals surface area contributed by atoms with E-state index < -0.39 is 17.8 Å². The van der Waals surface area contributed by atoms with Crippen molar-refractivity contribution in [2.75, 3.05) is 0 Å². The zero-order valence-electron chi connectivity index (χ0n) is 18.5. The van der Waals surface area contributed by atoms with E-state index in [1.165, 1.54) is 13.0 Å². The van der Waals surface area contributed by atoms with Gasteiger partial charge in [0.2, 0.25) is 5.82 Å². The summed E-state index contributed by atoms with van der Waals surface area (Å²) in [4.78, 5) is 23.5. The maximum atomic E-state index is 15.0. The van der Waals surface area contributed by atoms with Crippen LogP contribution in [0.25, 0.3) is 33.1 Å². The molecule has 4 aromatic rings. The van der Waals surface area contributed by atoms with Crippen LogP contribution in [0.15, 0.2) is 77.3 Å². The van der Waals surface area contributed by atoms with Gasteiger partial charge in [-0.05, 0) is 62.2 Å². The number of fused-ring (bicyclic) bond motifs is 3. The van der Waals surface area contributed by atoms with Gasteiger partial charge in [0.05, 0.1) is 0 Å². The van der Waals surface area contributed by atoms with Gasteiger partial charge in [0.1, 0.15) is 11.3 Å². The van der Waals surface area contributed by atoms with Gasteiger partial charge in [0.15, 0.2) is 11.3 Å². The first kappa shape index (κ1) is 22.0. The third kappa shape index (κ3) is 4.03. The highest BCUT2D eigenvalue weighted by Gasteiger charge is 2.20. The van der Waals surface area contributed by atoms with Crippen LogP contribution in [0.4, 0.5) is 4.39 Å². The number of carbonyl (C=O) groups is 2. The summed E-state index contributed by atoms with van der Waals surface area (Å²) in [5, 5.41) is 1.32. The molecule has 0 bridgehead atoms. The molecule has 4 rings (SSSR count). The number of carbonyl (C=O) groups excluding carboxylic acids is 2. The maximum Gasteiger partial charge on any atom is 0.338 e. The second-order valence-electron chi connectivity index (χ2n) is 7.84. The Morgan fingerprint density at radius 2 is 1.39 bits per heavy atom. The van der Waals surface area contributed by atoms with Gasteiger partial charge in [-0.1, -0.05) is 31.4 Å². The summed E-state index contributed by atoms with van der Waals surface area (Å²) in [6, 6.07) is 13.9. The fourth-order valence-electron chi connectivity index (χ4n) is 3.46. The molecular weight excluding hydrogens is 423 g/mol. The Labute approximate surface area is 189 Å². The van der Waals surface area contributed by atoms with Crippen molar-refractivity contribution in [3.63, 3.8) is 0 Å². The van der Waals surface area contributed by atoms with E-state index in [4.69, 9.17) is 13.9 Å². The molecule has 0 spiro atoms. The summed E-state index contributed by atoms with van der Waals surface area (Å²) >= 11 is 0. The average Bonchev–Trinajstić information content (AvgIpc) is 3.17. The molecule has 5 nitrogen and oxygen atoms in total. The third-order valence-electron chi connectivity index (χ3n) is 5.24. The zero-order chi connectivity index (χ0) is 23.9. The SMILES string of the molecule is C=C(C)C(=O)Oc1ccc(-c2ccc3c(oc4c(F)c(OC(=O)C(=C)C)ccc43)c2C)cc1. The van der Waals surface area contributed by atoms with Crippen LogP contribution in [0.3, 0.4) is 0 Å². The number of hydrogen-bond donors (Lipinski definition) is 0. The van der Waals surface area contributed by atoms with E-state index in [1.807, 2.05) is 31.2 Å². The number of furan rings is 1. The summed E-state index contributed by atoms with van der Waals surface area (Å²) in [7, 11) is 0. The molecule has 3 aromatic carbocycles. The monoisotopic (exact) mass is 444 g/mol. The van der Waals surface area contributed by atoms with Crippen LogP contribution in [-0.4, -0.2) is 11.9 Å². The molecule has 0 amide bonds. The van der Waals surface area contributed by atoms with E-state index in [0.717, 1.165) is 22.1 Å². The molecule has 0 saturated carbocycles. The Hall–Kier alpha value is -4.19. The molecule has 0 saturated heterocycles. The van der Waals surface area contributed by atoms with Crippen LogP contribution >= 0.6 is 0 Å².